The molecule has 13 heteroatoms. The highest BCUT2D eigenvalue weighted by atomic mass is 19.4. The third-order valence-corrected chi connectivity index (χ3v) is 5.69. The second kappa shape index (κ2) is 9.77. The number of urea groups is 1. The number of hydrogen-bond donors (Lipinski definition) is 3. The number of amides is 4. The van der Waals surface area contributed by atoms with Gasteiger partial charge in [0.25, 0.3) is 0 Å². The number of primary amides is 1. The van der Waals surface area contributed by atoms with Crippen LogP contribution in [0.3, 0.4) is 0 Å². The first-order valence-corrected chi connectivity index (χ1v) is 10.7. The third kappa shape index (κ3) is 5.35. The van der Waals surface area contributed by atoms with Gasteiger partial charge in [-0.25, -0.2) is 9.59 Å². The lowest BCUT2D eigenvalue weighted by molar-refractivity contribution is -0.274. The van der Waals surface area contributed by atoms with Crippen LogP contribution in [0.5, 0.6) is 5.75 Å². The Bertz CT molecular complexity index is 1310. The van der Waals surface area contributed by atoms with Gasteiger partial charge >= 0.3 is 18.4 Å². The molecule has 4 N–H and O–H groups in total. The first-order valence-electron chi connectivity index (χ1n) is 10.7. The number of likely N-dealkylation sites (tertiary alicyclic amines) is 1. The fourth-order valence-electron chi connectivity index (χ4n) is 4.09. The molecule has 1 aliphatic rings. The number of halogens is 3. The van der Waals surface area contributed by atoms with E-state index in [1.165, 1.54) is 34.9 Å². The van der Waals surface area contributed by atoms with E-state index in [-0.39, 0.29) is 18.7 Å². The average Bonchev–Trinajstić information content (AvgIpc) is 3.41. The van der Waals surface area contributed by atoms with Crippen LogP contribution >= 0.6 is 0 Å². The molecule has 10 nitrogen and oxygen atoms in total. The molecular formula is C23H22F3N5O5. The van der Waals surface area contributed by atoms with Crippen molar-refractivity contribution in [2.75, 3.05) is 24.3 Å². The summed E-state index contributed by atoms with van der Waals surface area (Å²) in [6.45, 7) is 0.0894. The molecule has 0 saturated carbocycles. The van der Waals surface area contributed by atoms with E-state index in [4.69, 9.17) is 10.5 Å². The number of alkyl halides is 3. The van der Waals surface area contributed by atoms with Gasteiger partial charge in [-0.05, 0) is 18.2 Å². The van der Waals surface area contributed by atoms with Crippen LogP contribution in [-0.4, -0.2) is 59.6 Å². The summed E-state index contributed by atoms with van der Waals surface area (Å²) in [5.74, 6) is -1.12. The number of anilines is 2. The maximum Gasteiger partial charge on any atom is 0.573 e. The van der Waals surface area contributed by atoms with Gasteiger partial charge in [-0.2, -0.15) is 0 Å². The zero-order valence-corrected chi connectivity index (χ0v) is 18.9. The molecule has 0 bridgehead atoms. The van der Waals surface area contributed by atoms with E-state index in [0.717, 1.165) is 12.1 Å². The number of methoxy groups -OCH3 is 1. The zero-order valence-electron chi connectivity index (χ0n) is 18.9. The largest absolute Gasteiger partial charge is 0.573 e. The van der Waals surface area contributed by atoms with Crippen molar-refractivity contribution in [3.63, 3.8) is 0 Å². The number of benzene rings is 2. The minimum absolute atomic E-state index is 0.0625. The molecule has 0 radical (unpaired) electrons. The van der Waals surface area contributed by atoms with Crippen LogP contribution in [0.1, 0.15) is 6.42 Å². The van der Waals surface area contributed by atoms with Crippen molar-refractivity contribution < 1.29 is 37.0 Å². The number of carbonyl (C=O) groups excluding carboxylic acids is 3. The van der Waals surface area contributed by atoms with Crippen LogP contribution in [0.2, 0.25) is 0 Å². The Balaban J connectivity index is 1.53. The van der Waals surface area contributed by atoms with Crippen LogP contribution in [0.4, 0.5) is 34.1 Å². The Hall–Kier alpha value is -4.26. The van der Waals surface area contributed by atoms with Crippen LogP contribution < -0.4 is 21.1 Å². The molecule has 2 atom stereocenters. The monoisotopic (exact) mass is 505 g/mol. The normalized spacial score (nSPS) is 17.7. The van der Waals surface area contributed by atoms with Crippen molar-refractivity contribution in [1.29, 1.82) is 0 Å². The van der Waals surface area contributed by atoms with Crippen LogP contribution in [0.25, 0.3) is 10.9 Å². The van der Waals surface area contributed by atoms with E-state index in [2.05, 4.69) is 15.4 Å². The molecule has 2 aromatic carbocycles. The molecule has 0 unspecified atom stereocenters. The number of para-hydroxylation sites is 1. The van der Waals surface area contributed by atoms with Gasteiger partial charge in [0.2, 0.25) is 5.91 Å². The third-order valence-electron chi connectivity index (χ3n) is 5.69. The molecule has 1 saturated heterocycles. The predicted octanol–water partition coefficient (Wildman–Crippen LogP) is 3.73. The Labute approximate surface area is 202 Å². The van der Waals surface area contributed by atoms with E-state index in [1.807, 2.05) is 0 Å². The van der Waals surface area contributed by atoms with E-state index >= 15 is 0 Å². The molecule has 1 aromatic heterocycles. The highest BCUT2D eigenvalue weighted by Crippen LogP contribution is 2.29. The molecule has 2 heterocycles. The summed E-state index contributed by atoms with van der Waals surface area (Å²) in [7, 11) is 1.44. The maximum atomic E-state index is 13.2. The van der Waals surface area contributed by atoms with Gasteiger partial charge in [-0.3, -0.25) is 9.36 Å². The number of rotatable bonds is 5. The van der Waals surface area contributed by atoms with Crippen molar-refractivity contribution in [3.8, 4) is 5.75 Å². The van der Waals surface area contributed by atoms with Crippen molar-refractivity contribution in [2.45, 2.75) is 24.9 Å². The fourth-order valence-corrected chi connectivity index (χ4v) is 4.09. The van der Waals surface area contributed by atoms with E-state index in [1.54, 1.807) is 24.3 Å². The Morgan fingerprint density at radius 3 is 2.53 bits per heavy atom. The lowest BCUT2D eigenvalue weighted by Gasteiger charge is -2.24. The highest BCUT2D eigenvalue weighted by Gasteiger charge is 2.40. The van der Waals surface area contributed by atoms with Gasteiger partial charge in [0.15, 0.2) is 0 Å². The Morgan fingerprint density at radius 2 is 1.83 bits per heavy atom. The van der Waals surface area contributed by atoms with Crippen molar-refractivity contribution in [3.05, 3.63) is 54.7 Å². The summed E-state index contributed by atoms with van der Waals surface area (Å²) >= 11 is 0. The van der Waals surface area contributed by atoms with Crippen LogP contribution in [0.15, 0.2) is 54.7 Å². The molecule has 4 rings (SSSR count). The summed E-state index contributed by atoms with van der Waals surface area (Å²) in [6, 6.07) is 9.28. The number of carbonyl (C=O) groups is 3. The lowest BCUT2D eigenvalue weighted by Crippen LogP contribution is -2.45. The summed E-state index contributed by atoms with van der Waals surface area (Å²) in [6.07, 6.45) is -3.78. The smallest absolute Gasteiger partial charge is 0.406 e. The standard InChI is InChI=1S/C23H22F3N5O5/c1-35-15-10-19(20(32)28-13-5-4-6-14(9-13)36-23(24,25)26)31(11-15)22(34)29-17-12-30(21(27)33)18-8-3-2-7-16(17)18/h2-9,12,15,19H,10-11H2,1H3,(H2,27,33)(H,28,32)(H,29,34)/t15-,19-/m0/s1. The summed E-state index contributed by atoms with van der Waals surface area (Å²) < 4.78 is 48.0. The van der Waals surface area contributed by atoms with E-state index < -0.39 is 42.2 Å². The van der Waals surface area contributed by atoms with E-state index in [0.29, 0.717) is 16.6 Å². The van der Waals surface area contributed by atoms with Gasteiger partial charge in [-0.1, -0.05) is 24.3 Å². The van der Waals surface area contributed by atoms with Crippen LogP contribution in [-0.2, 0) is 9.53 Å². The maximum absolute atomic E-state index is 13.2. The van der Waals surface area contributed by atoms with Crippen molar-refractivity contribution in [1.82, 2.24) is 9.47 Å². The van der Waals surface area contributed by atoms with Crippen LogP contribution in [0, 0.1) is 0 Å². The number of hydrogen-bond acceptors (Lipinski definition) is 5. The average molecular weight is 505 g/mol. The van der Waals surface area contributed by atoms with Crippen molar-refractivity contribution in [2.24, 2.45) is 5.73 Å². The zero-order chi connectivity index (χ0) is 26.0. The molecular weight excluding hydrogens is 483 g/mol. The summed E-state index contributed by atoms with van der Waals surface area (Å²) in [5, 5.41) is 5.80. The first kappa shape index (κ1) is 24.9. The molecule has 1 fully saturated rings. The van der Waals surface area contributed by atoms with Gasteiger partial charge in [-0.15, -0.1) is 13.2 Å². The lowest BCUT2D eigenvalue weighted by atomic mass is 10.1. The highest BCUT2D eigenvalue weighted by molar-refractivity contribution is 6.06. The molecule has 0 aliphatic carbocycles. The topological polar surface area (TPSA) is 128 Å². The number of fused-ring (bicyclic) bond motifs is 1. The molecule has 0 spiro atoms. The summed E-state index contributed by atoms with van der Waals surface area (Å²) in [5.41, 5.74) is 6.29. The minimum atomic E-state index is -4.88. The van der Waals surface area contributed by atoms with Crippen molar-refractivity contribution >= 4 is 40.2 Å². The second-order valence-corrected chi connectivity index (χ2v) is 8.02. The fraction of sp³-hybridized carbons (Fsp3) is 0.261. The molecule has 36 heavy (non-hydrogen) atoms. The van der Waals surface area contributed by atoms with Gasteiger partial charge in [0.05, 0.1) is 17.3 Å². The molecule has 190 valence electrons. The molecule has 3 aromatic rings. The molecule has 4 amide bonds. The number of nitrogens with one attached hydrogen (secondary N) is 2. The second-order valence-electron chi connectivity index (χ2n) is 8.02. The number of nitrogens with two attached hydrogens (primary N) is 1. The number of aromatic nitrogens is 1. The quantitative estimate of drug-likeness (QED) is 0.487. The van der Waals surface area contributed by atoms with Gasteiger partial charge in [0, 0.05) is 43.4 Å². The molecule has 1 aliphatic heterocycles. The first-order chi connectivity index (χ1) is 17.1. The number of nitrogens with zero attached hydrogens (tertiary/aromatic N) is 2. The summed E-state index contributed by atoms with van der Waals surface area (Å²) in [4.78, 5) is 39.3. The Kier molecular flexibility index (Phi) is 6.75. The Morgan fingerprint density at radius 1 is 1.08 bits per heavy atom. The van der Waals surface area contributed by atoms with E-state index in [9.17, 15) is 27.6 Å². The minimum Gasteiger partial charge on any atom is -0.406 e. The number of ether oxygens (including phenoxy) is 2. The SMILES string of the molecule is CO[C@H]1C[C@@H](C(=O)Nc2cccc(OC(F)(F)F)c2)N(C(=O)Nc2cn(C(N)=O)c3ccccc23)C1. The van der Waals surface area contributed by atoms with Gasteiger partial charge in [0.1, 0.15) is 11.8 Å². The van der Waals surface area contributed by atoms with Gasteiger partial charge < -0.3 is 30.7 Å². The predicted molar refractivity (Wildman–Crippen MR) is 124 cm³/mol.